The van der Waals surface area contributed by atoms with E-state index in [1.807, 2.05) is 0 Å². The third kappa shape index (κ3) is 7.11. The topological polar surface area (TPSA) is 216 Å². The van der Waals surface area contributed by atoms with Gasteiger partial charge < -0.3 is 30.3 Å². The van der Waals surface area contributed by atoms with Crippen LogP contribution in [0.3, 0.4) is 0 Å². The van der Waals surface area contributed by atoms with Gasteiger partial charge in [0.1, 0.15) is 11.7 Å². The molecule has 1 aliphatic heterocycles. The van der Waals surface area contributed by atoms with E-state index in [0.29, 0.717) is 5.06 Å². The summed E-state index contributed by atoms with van der Waals surface area (Å²) in [4.78, 5) is 43.3. The van der Waals surface area contributed by atoms with Crippen LogP contribution in [0, 0.1) is 0 Å². The molecule has 1 aromatic heterocycles. The summed E-state index contributed by atoms with van der Waals surface area (Å²) in [6.45, 7) is 1.71. The van der Waals surface area contributed by atoms with E-state index in [1.54, 1.807) is 0 Å². The number of aliphatic carboxylic acids is 1. The summed E-state index contributed by atoms with van der Waals surface area (Å²) in [7, 11) is -5.20. The molecule has 0 aliphatic carbocycles. The van der Waals surface area contributed by atoms with Crippen LogP contribution >= 0.6 is 11.3 Å². The van der Waals surface area contributed by atoms with Gasteiger partial charge in [0.25, 0.3) is 11.8 Å². The third-order valence-corrected chi connectivity index (χ3v) is 4.44. The number of oxime groups is 1. The molecule has 14 nitrogen and oxygen atoms in total. The average molecular weight is 481 g/mol. The van der Waals surface area contributed by atoms with E-state index >= 15 is 0 Å². The van der Waals surface area contributed by atoms with Crippen LogP contribution in [0.25, 0.3) is 0 Å². The molecule has 0 radical (unpaired) electrons. The second-order valence-corrected chi connectivity index (χ2v) is 7.69. The summed E-state index contributed by atoms with van der Waals surface area (Å²) < 4.78 is 36.1. The number of nitrogens with zero attached hydrogens (tertiary/aromatic N) is 3. The van der Waals surface area contributed by atoms with Gasteiger partial charge in [0.05, 0.1) is 11.5 Å². The van der Waals surface area contributed by atoms with Crippen LogP contribution in [0.15, 0.2) is 10.5 Å². The molecule has 154 valence electrons. The fraction of sp³-hybridized carbons (Fsp3) is 0.417. The van der Waals surface area contributed by atoms with Crippen molar-refractivity contribution in [2.45, 2.75) is 25.4 Å². The molecule has 0 spiro atoms. The first-order valence-electron chi connectivity index (χ1n) is 7.24. The number of hydroxylamine groups is 2. The number of hydrogen-bond acceptors (Lipinski definition) is 13. The van der Waals surface area contributed by atoms with Crippen molar-refractivity contribution < 1.29 is 101 Å². The smallest absolute Gasteiger partial charge is 0.724 e. The van der Waals surface area contributed by atoms with Crippen molar-refractivity contribution in [1.82, 2.24) is 15.4 Å². The van der Waals surface area contributed by atoms with Crippen LogP contribution in [-0.2, 0) is 33.9 Å². The third-order valence-electron chi connectivity index (χ3n) is 3.44. The molecule has 2 rings (SSSR count). The Kier molecular flexibility index (Phi) is 10.9. The standard InChI is InChI=1S/C12H15N5O9S2.2Na/c1-12(2)8(10(21)17(12)26-28(22,23)24)15-9(20)7(16-25-3-6(18)19)5-4-27-11(13)14-5;;/h4,8H,3H2,1-2H3,(H2,13,14)(H,15,20)(H,18,19)(H,22,23,24);;/q;2*+1/p-2/b16-7+;;/t8-;;/m1../s1. The number of carbonyl (C=O) groups is 3. The van der Waals surface area contributed by atoms with Gasteiger partial charge in [-0.3, -0.25) is 9.59 Å². The molecule has 30 heavy (non-hydrogen) atoms. The maximum absolute atomic E-state index is 12.5. The molecule has 0 saturated carbocycles. The first kappa shape index (κ1) is 29.2. The minimum atomic E-state index is -5.20. The van der Waals surface area contributed by atoms with Gasteiger partial charge in [-0.05, 0) is 13.8 Å². The van der Waals surface area contributed by atoms with Crippen LogP contribution in [-0.4, -0.2) is 64.7 Å². The SMILES string of the molecule is CC1(C)[C@H](NC(=O)/C(=N/OCC(=O)[O-])c2csc(N)n2)C(=O)N1OS(=O)(=O)[O-].[Na+].[Na+]. The van der Waals surface area contributed by atoms with Crippen LogP contribution in [0.1, 0.15) is 19.5 Å². The number of nitrogen functional groups attached to an aromatic ring is 1. The Bertz CT molecular complexity index is 950. The quantitative estimate of drug-likeness (QED) is 0.0887. The summed E-state index contributed by atoms with van der Waals surface area (Å²) in [5.41, 5.74) is 3.54. The Balaban J connectivity index is 0.00000420. The summed E-state index contributed by atoms with van der Waals surface area (Å²) >= 11 is 0.961. The van der Waals surface area contributed by atoms with Gasteiger partial charge in [0.15, 0.2) is 17.5 Å². The molecule has 0 bridgehead atoms. The molecule has 1 aliphatic rings. The monoisotopic (exact) mass is 481 g/mol. The molecule has 1 fully saturated rings. The predicted octanol–water partition coefficient (Wildman–Crippen LogP) is -9.30. The van der Waals surface area contributed by atoms with E-state index < -0.39 is 52.1 Å². The maximum Gasteiger partial charge on any atom is 1.00 e. The van der Waals surface area contributed by atoms with E-state index in [4.69, 9.17) is 5.73 Å². The van der Waals surface area contributed by atoms with E-state index in [0.717, 1.165) is 11.3 Å². The fourth-order valence-electron chi connectivity index (χ4n) is 2.17. The Morgan fingerprint density at radius 2 is 2.03 bits per heavy atom. The molecule has 18 heteroatoms. The van der Waals surface area contributed by atoms with Crippen LogP contribution < -0.4 is 75.3 Å². The van der Waals surface area contributed by atoms with Gasteiger partial charge in [0, 0.05) is 5.38 Å². The average Bonchev–Trinajstić information content (AvgIpc) is 2.98. The van der Waals surface area contributed by atoms with Crippen molar-refractivity contribution in [1.29, 1.82) is 0 Å². The Hall–Kier alpha value is -0.820. The number of β-lactam (4-membered cyclic amide) rings is 1. The van der Waals surface area contributed by atoms with Crippen molar-refractivity contribution in [2.75, 3.05) is 12.3 Å². The van der Waals surface area contributed by atoms with Crippen molar-refractivity contribution in [2.24, 2.45) is 5.16 Å². The molecular weight excluding hydrogens is 468 g/mol. The molecule has 2 amide bonds. The minimum Gasteiger partial charge on any atom is -0.724 e. The number of nitrogens with one attached hydrogen (secondary N) is 1. The Morgan fingerprint density at radius 3 is 2.47 bits per heavy atom. The van der Waals surface area contributed by atoms with E-state index in [9.17, 15) is 32.5 Å². The molecule has 1 aromatic rings. The number of hydrogen-bond donors (Lipinski definition) is 2. The number of carboxylic acids is 1. The molecular formula is C12H13N5Na2O9S2. The summed E-state index contributed by atoms with van der Waals surface area (Å²) in [6.07, 6.45) is 0. The van der Waals surface area contributed by atoms with Gasteiger partial charge in [-0.25, -0.2) is 13.4 Å². The van der Waals surface area contributed by atoms with Crippen LogP contribution in [0.5, 0.6) is 0 Å². The number of thiazole rings is 1. The zero-order valence-electron chi connectivity index (χ0n) is 16.3. The molecule has 3 N–H and O–H groups in total. The summed E-state index contributed by atoms with van der Waals surface area (Å²) in [6, 6.07) is -1.29. The largest absolute Gasteiger partial charge is 1.00 e. The fourth-order valence-corrected chi connectivity index (χ4v) is 3.16. The number of carbonyl (C=O) groups excluding carboxylic acids is 3. The molecule has 0 unspecified atom stereocenters. The van der Waals surface area contributed by atoms with E-state index in [2.05, 4.69) is 24.6 Å². The molecule has 2 heterocycles. The zero-order valence-corrected chi connectivity index (χ0v) is 21.9. The van der Waals surface area contributed by atoms with E-state index in [1.165, 1.54) is 19.2 Å². The molecule has 0 aromatic carbocycles. The van der Waals surface area contributed by atoms with Crippen molar-refractivity contribution in [3.8, 4) is 0 Å². The number of anilines is 1. The summed E-state index contributed by atoms with van der Waals surface area (Å²) in [5.74, 6) is -3.60. The minimum absolute atomic E-state index is 0. The van der Waals surface area contributed by atoms with E-state index in [-0.39, 0.29) is 69.9 Å². The number of carboxylic acid groups (broad SMARTS) is 1. The maximum atomic E-state index is 12.5. The predicted molar refractivity (Wildman–Crippen MR) is 87.7 cm³/mol. The number of amides is 2. The van der Waals surface area contributed by atoms with Crippen molar-refractivity contribution in [3.05, 3.63) is 11.1 Å². The normalized spacial score (nSPS) is 17.8. The van der Waals surface area contributed by atoms with Crippen molar-refractivity contribution in [3.63, 3.8) is 0 Å². The second kappa shape index (κ2) is 11.2. The molecule has 1 atom stereocenters. The first-order chi connectivity index (χ1) is 12.8. The van der Waals surface area contributed by atoms with Gasteiger partial charge in [-0.1, -0.05) is 5.16 Å². The first-order valence-corrected chi connectivity index (χ1v) is 9.45. The van der Waals surface area contributed by atoms with Crippen LogP contribution in [0.4, 0.5) is 5.13 Å². The number of rotatable bonds is 8. The number of nitrogens with two attached hydrogens (primary N) is 1. The zero-order chi connectivity index (χ0) is 21.3. The van der Waals surface area contributed by atoms with Crippen LogP contribution in [0.2, 0.25) is 0 Å². The Labute approximate surface area is 218 Å². The summed E-state index contributed by atoms with van der Waals surface area (Å²) in [5, 5.41) is 17.8. The van der Waals surface area contributed by atoms with Gasteiger partial charge in [-0.2, -0.15) is 9.35 Å². The molecule has 1 saturated heterocycles. The number of aromatic nitrogens is 1. The van der Waals surface area contributed by atoms with Crippen molar-refractivity contribution >= 4 is 50.4 Å². The Morgan fingerprint density at radius 1 is 1.43 bits per heavy atom. The van der Waals surface area contributed by atoms with Gasteiger partial charge >= 0.3 is 59.1 Å². The second-order valence-electron chi connectivity index (χ2n) is 5.83. The van der Waals surface area contributed by atoms with Gasteiger partial charge in [0.2, 0.25) is 10.4 Å². The van der Waals surface area contributed by atoms with Gasteiger partial charge in [-0.15, -0.1) is 11.3 Å².